The van der Waals surface area contributed by atoms with Crippen LogP contribution >= 0.6 is 0 Å². The van der Waals surface area contributed by atoms with Crippen LogP contribution in [0.5, 0.6) is 0 Å². The van der Waals surface area contributed by atoms with E-state index in [9.17, 15) is 0 Å². The molecule has 17 heavy (non-hydrogen) atoms. The molecule has 0 amide bonds. The molecule has 2 heterocycles. The van der Waals surface area contributed by atoms with E-state index >= 15 is 0 Å². The zero-order valence-electron chi connectivity index (χ0n) is 10.8. The molecule has 0 atom stereocenters. The fourth-order valence-electron chi connectivity index (χ4n) is 2.33. The van der Waals surface area contributed by atoms with Crippen molar-refractivity contribution >= 4 is 5.69 Å². The van der Waals surface area contributed by atoms with Crippen LogP contribution in [0.1, 0.15) is 12.0 Å². The fourth-order valence-corrected chi connectivity index (χ4v) is 2.33. The summed E-state index contributed by atoms with van der Waals surface area (Å²) >= 11 is 0. The molecule has 1 aromatic rings. The summed E-state index contributed by atoms with van der Waals surface area (Å²) in [6.45, 7) is 5.46. The predicted octanol–water partition coefficient (Wildman–Crippen LogP) is 0.943. The van der Waals surface area contributed by atoms with Gasteiger partial charge in [-0.3, -0.25) is 4.98 Å². The Hall–Kier alpha value is -1.13. The van der Waals surface area contributed by atoms with E-state index in [0.717, 1.165) is 26.2 Å². The normalized spacial score (nSPS) is 18.1. The van der Waals surface area contributed by atoms with Gasteiger partial charge in [0.2, 0.25) is 0 Å². The first-order chi connectivity index (χ1) is 8.31. The third-order valence-electron chi connectivity index (χ3n) is 3.32. The number of likely N-dealkylation sites (N-methyl/N-ethyl adjacent to an activating group) is 1. The van der Waals surface area contributed by atoms with Gasteiger partial charge in [-0.05, 0) is 38.7 Å². The maximum absolute atomic E-state index is 4.27. The highest BCUT2D eigenvalue weighted by Crippen LogP contribution is 2.20. The van der Waals surface area contributed by atoms with Crippen molar-refractivity contribution in [3.8, 4) is 0 Å². The van der Waals surface area contributed by atoms with Crippen LogP contribution in [0.3, 0.4) is 0 Å². The average molecular weight is 234 g/mol. The third-order valence-corrected chi connectivity index (χ3v) is 3.32. The number of nitrogens with zero attached hydrogens (tertiary/aromatic N) is 3. The van der Waals surface area contributed by atoms with E-state index in [-0.39, 0.29) is 0 Å². The van der Waals surface area contributed by atoms with Gasteiger partial charge < -0.3 is 15.1 Å². The van der Waals surface area contributed by atoms with Crippen LogP contribution in [-0.4, -0.2) is 50.2 Å². The number of rotatable bonds is 3. The van der Waals surface area contributed by atoms with Gasteiger partial charge in [0.15, 0.2) is 0 Å². The number of pyridine rings is 1. The fraction of sp³-hybridized carbons (Fsp3) is 0.615. The maximum atomic E-state index is 4.27. The van der Waals surface area contributed by atoms with Crippen LogP contribution in [-0.2, 0) is 6.54 Å². The Morgan fingerprint density at radius 3 is 3.00 bits per heavy atom. The van der Waals surface area contributed by atoms with Crippen molar-refractivity contribution in [1.29, 1.82) is 0 Å². The quantitative estimate of drug-likeness (QED) is 0.843. The molecule has 0 radical (unpaired) electrons. The first-order valence-electron chi connectivity index (χ1n) is 6.32. The van der Waals surface area contributed by atoms with Gasteiger partial charge in [0.25, 0.3) is 0 Å². The number of anilines is 1. The second-order valence-corrected chi connectivity index (χ2v) is 4.68. The van der Waals surface area contributed by atoms with Gasteiger partial charge in [0, 0.05) is 32.4 Å². The van der Waals surface area contributed by atoms with Gasteiger partial charge in [-0.1, -0.05) is 0 Å². The molecule has 0 aromatic carbocycles. The molecule has 4 nitrogen and oxygen atoms in total. The van der Waals surface area contributed by atoms with Crippen LogP contribution in [0.25, 0.3) is 0 Å². The SMILES string of the molecule is CNCc1ccncc1N1CCCN(C)CC1. The van der Waals surface area contributed by atoms with E-state index in [0.29, 0.717) is 0 Å². The van der Waals surface area contributed by atoms with E-state index < -0.39 is 0 Å². The Morgan fingerprint density at radius 1 is 1.29 bits per heavy atom. The molecule has 0 saturated carbocycles. The van der Waals surface area contributed by atoms with E-state index in [1.165, 1.54) is 24.2 Å². The van der Waals surface area contributed by atoms with Gasteiger partial charge in [-0.2, -0.15) is 0 Å². The summed E-state index contributed by atoms with van der Waals surface area (Å²) in [4.78, 5) is 9.13. The Morgan fingerprint density at radius 2 is 2.18 bits per heavy atom. The van der Waals surface area contributed by atoms with E-state index in [1.54, 1.807) is 0 Å². The molecule has 1 N–H and O–H groups in total. The van der Waals surface area contributed by atoms with Crippen molar-refractivity contribution in [3.05, 3.63) is 24.0 Å². The summed E-state index contributed by atoms with van der Waals surface area (Å²) in [7, 11) is 4.18. The number of hydrogen-bond acceptors (Lipinski definition) is 4. The largest absolute Gasteiger partial charge is 0.369 e. The maximum Gasteiger partial charge on any atom is 0.0598 e. The highest BCUT2D eigenvalue weighted by Gasteiger charge is 2.15. The first-order valence-corrected chi connectivity index (χ1v) is 6.32. The minimum absolute atomic E-state index is 0.907. The average Bonchev–Trinajstić information content (AvgIpc) is 2.55. The van der Waals surface area contributed by atoms with E-state index in [1.807, 2.05) is 19.4 Å². The highest BCUT2D eigenvalue weighted by molar-refractivity contribution is 5.51. The Bertz CT molecular complexity index is 353. The molecule has 94 valence electrons. The van der Waals surface area contributed by atoms with Crippen molar-refractivity contribution in [1.82, 2.24) is 15.2 Å². The van der Waals surface area contributed by atoms with Gasteiger partial charge in [-0.15, -0.1) is 0 Å². The Labute approximate surface area is 104 Å². The van der Waals surface area contributed by atoms with Gasteiger partial charge in [0.1, 0.15) is 0 Å². The minimum atomic E-state index is 0.907. The van der Waals surface area contributed by atoms with Crippen molar-refractivity contribution in [2.75, 3.05) is 45.2 Å². The number of hydrogen-bond donors (Lipinski definition) is 1. The summed E-state index contributed by atoms with van der Waals surface area (Å²) in [5.74, 6) is 0. The molecular formula is C13H22N4. The summed E-state index contributed by atoms with van der Waals surface area (Å²) in [6.07, 6.45) is 5.10. The second-order valence-electron chi connectivity index (χ2n) is 4.68. The molecule has 1 saturated heterocycles. The minimum Gasteiger partial charge on any atom is -0.369 e. The number of nitrogens with one attached hydrogen (secondary N) is 1. The summed E-state index contributed by atoms with van der Waals surface area (Å²) < 4.78 is 0. The smallest absolute Gasteiger partial charge is 0.0598 e. The standard InChI is InChI=1S/C13H22N4/c1-14-10-12-4-5-15-11-13(12)17-7-3-6-16(2)8-9-17/h4-5,11,14H,3,6-10H2,1-2H3. The van der Waals surface area contributed by atoms with Crippen molar-refractivity contribution in [2.24, 2.45) is 0 Å². The van der Waals surface area contributed by atoms with Crippen LogP contribution < -0.4 is 10.2 Å². The van der Waals surface area contributed by atoms with E-state index in [2.05, 4.69) is 33.2 Å². The molecule has 0 unspecified atom stereocenters. The van der Waals surface area contributed by atoms with Gasteiger partial charge in [0.05, 0.1) is 11.9 Å². The summed E-state index contributed by atoms with van der Waals surface area (Å²) in [6, 6.07) is 2.11. The zero-order chi connectivity index (χ0) is 12.1. The van der Waals surface area contributed by atoms with Crippen LogP contribution in [0.15, 0.2) is 18.5 Å². The number of aromatic nitrogens is 1. The van der Waals surface area contributed by atoms with Crippen LogP contribution in [0, 0.1) is 0 Å². The van der Waals surface area contributed by atoms with Crippen LogP contribution in [0.4, 0.5) is 5.69 Å². The first kappa shape index (κ1) is 12.3. The molecule has 1 fully saturated rings. The lowest BCUT2D eigenvalue weighted by Crippen LogP contribution is -2.30. The molecule has 1 aliphatic rings. The molecule has 1 aliphatic heterocycles. The van der Waals surface area contributed by atoms with Gasteiger partial charge in [-0.25, -0.2) is 0 Å². The highest BCUT2D eigenvalue weighted by atomic mass is 15.2. The monoisotopic (exact) mass is 234 g/mol. The zero-order valence-corrected chi connectivity index (χ0v) is 10.8. The Kier molecular flexibility index (Phi) is 4.34. The predicted molar refractivity (Wildman–Crippen MR) is 71.3 cm³/mol. The summed E-state index contributed by atoms with van der Waals surface area (Å²) in [5, 5.41) is 3.22. The molecule has 4 heteroatoms. The molecule has 0 bridgehead atoms. The van der Waals surface area contributed by atoms with Crippen molar-refractivity contribution in [3.63, 3.8) is 0 Å². The Balaban J connectivity index is 2.14. The topological polar surface area (TPSA) is 31.4 Å². The second kappa shape index (κ2) is 5.98. The lowest BCUT2D eigenvalue weighted by Gasteiger charge is -2.25. The molecular weight excluding hydrogens is 212 g/mol. The third kappa shape index (κ3) is 3.17. The lowest BCUT2D eigenvalue weighted by molar-refractivity contribution is 0.360. The van der Waals surface area contributed by atoms with Crippen molar-refractivity contribution < 1.29 is 0 Å². The van der Waals surface area contributed by atoms with Crippen LogP contribution in [0.2, 0.25) is 0 Å². The molecule has 0 aliphatic carbocycles. The lowest BCUT2D eigenvalue weighted by atomic mass is 10.2. The summed E-state index contributed by atoms with van der Waals surface area (Å²) in [5.41, 5.74) is 2.63. The van der Waals surface area contributed by atoms with Crippen molar-refractivity contribution in [2.45, 2.75) is 13.0 Å². The van der Waals surface area contributed by atoms with Gasteiger partial charge >= 0.3 is 0 Å². The molecule has 2 rings (SSSR count). The van der Waals surface area contributed by atoms with E-state index in [4.69, 9.17) is 0 Å². The molecule has 1 aromatic heterocycles. The molecule has 0 spiro atoms.